The second-order valence-corrected chi connectivity index (χ2v) is 12.0. The standard InChI is InChI=1S/C42H39N5O/c48-42(31-17-4-2-1-3-5-18-31)47(30-16-28-44-41-34-21-8-12-25-38(34)46-39-26-13-9-22-35(39)41)29-15-14-27-43-40-32-19-6-10-23-36(32)45-37-24-11-7-20-33(37)40/h1-13,17-26H,14-16,27-30H2,(H,43,45)(H,44,46)/b2-1-,3-1?,4-2?,5-3-,17-4?,18-5?,31-17?,31-18?. The Balaban J connectivity index is 1.03. The van der Waals surface area contributed by atoms with E-state index in [2.05, 4.69) is 83.4 Å². The molecule has 0 spiro atoms. The summed E-state index contributed by atoms with van der Waals surface area (Å²) in [5, 5.41) is 11.9. The molecule has 48 heavy (non-hydrogen) atoms. The van der Waals surface area contributed by atoms with Crippen LogP contribution in [0.4, 0.5) is 11.4 Å². The number of hydrogen-bond donors (Lipinski definition) is 2. The minimum absolute atomic E-state index is 0.0603. The van der Waals surface area contributed by atoms with Crippen LogP contribution in [0.1, 0.15) is 19.3 Å². The number of unbranched alkanes of at least 4 members (excludes halogenated alkanes) is 1. The van der Waals surface area contributed by atoms with Crippen molar-refractivity contribution in [1.29, 1.82) is 0 Å². The Morgan fingerprint density at radius 1 is 0.521 bits per heavy atom. The number of allylic oxidation sites excluding steroid dienone is 6. The Kier molecular flexibility index (Phi) is 9.51. The molecule has 1 amide bonds. The first kappa shape index (κ1) is 30.9. The van der Waals surface area contributed by atoms with Gasteiger partial charge in [0.15, 0.2) is 0 Å². The summed E-state index contributed by atoms with van der Waals surface area (Å²) in [6.07, 6.45) is 16.2. The molecule has 2 N–H and O–H groups in total. The first-order chi connectivity index (χ1) is 23.8. The molecular weight excluding hydrogens is 590 g/mol. The largest absolute Gasteiger partial charge is 0.384 e. The molecule has 6 aromatic rings. The van der Waals surface area contributed by atoms with Crippen LogP contribution in [0.5, 0.6) is 0 Å². The van der Waals surface area contributed by atoms with Gasteiger partial charge in [0.1, 0.15) is 0 Å². The van der Waals surface area contributed by atoms with Gasteiger partial charge in [-0.25, -0.2) is 9.97 Å². The average Bonchev–Trinajstić information content (AvgIpc) is 3.11. The first-order valence-electron chi connectivity index (χ1n) is 16.8. The van der Waals surface area contributed by atoms with E-state index in [4.69, 9.17) is 9.97 Å². The van der Waals surface area contributed by atoms with Crippen LogP contribution in [-0.4, -0.2) is 47.0 Å². The van der Waals surface area contributed by atoms with E-state index in [1.54, 1.807) is 0 Å². The predicted octanol–water partition coefficient (Wildman–Crippen LogP) is 9.22. The van der Waals surface area contributed by atoms with E-state index in [9.17, 15) is 4.79 Å². The maximum Gasteiger partial charge on any atom is 0.253 e. The third-order valence-corrected chi connectivity index (χ3v) is 8.77. The lowest BCUT2D eigenvalue weighted by molar-refractivity contribution is -0.126. The van der Waals surface area contributed by atoms with Crippen LogP contribution in [0, 0.1) is 0 Å². The highest BCUT2D eigenvalue weighted by molar-refractivity contribution is 6.08. The lowest BCUT2D eigenvalue weighted by Gasteiger charge is -2.24. The van der Waals surface area contributed by atoms with E-state index in [0.29, 0.717) is 18.7 Å². The molecule has 0 saturated heterocycles. The summed E-state index contributed by atoms with van der Waals surface area (Å²) in [6.45, 7) is 2.89. The van der Waals surface area contributed by atoms with E-state index < -0.39 is 0 Å². The van der Waals surface area contributed by atoms with Gasteiger partial charge in [0.25, 0.3) is 5.91 Å². The van der Waals surface area contributed by atoms with Crippen molar-refractivity contribution in [3.8, 4) is 0 Å². The molecular formula is C42H39N5O. The van der Waals surface area contributed by atoms with E-state index >= 15 is 0 Å². The summed E-state index contributed by atoms with van der Waals surface area (Å²) >= 11 is 0. The summed E-state index contributed by atoms with van der Waals surface area (Å²) in [4.78, 5) is 25.6. The second-order valence-electron chi connectivity index (χ2n) is 12.0. The van der Waals surface area contributed by atoms with Crippen LogP contribution in [0.3, 0.4) is 0 Å². The summed E-state index contributed by atoms with van der Waals surface area (Å²) < 4.78 is 0. The number of aromatic nitrogens is 2. The van der Waals surface area contributed by atoms with Crippen molar-refractivity contribution < 1.29 is 4.79 Å². The van der Waals surface area contributed by atoms with Crippen molar-refractivity contribution in [1.82, 2.24) is 14.9 Å². The zero-order valence-electron chi connectivity index (χ0n) is 27.0. The highest BCUT2D eigenvalue weighted by atomic mass is 16.2. The van der Waals surface area contributed by atoms with Crippen molar-refractivity contribution in [2.24, 2.45) is 0 Å². The molecule has 0 aliphatic heterocycles. The fourth-order valence-corrected chi connectivity index (χ4v) is 6.39. The third kappa shape index (κ3) is 6.83. The molecule has 0 unspecified atom stereocenters. The minimum atomic E-state index is 0.0603. The molecule has 1 aliphatic rings. The summed E-state index contributed by atoms with van der Waals surface area (Å²) in [6, 6.07) is 33.1. The van der Waals surface area contributed by atoms with Crippen LogP contribution >= 0.6 is 0 Å². The van der Waals surface area contributed by atoms with Crippen LogP contribution in [-0.2, 0) is 4.79 Å². The molecule has 2 aromatic heterocycles. The SMILES string of the molecule is O=C(C1=C/C=C\C=C/C=C1)N(CCCCNc1c2ccccc2nc2ccccc12)CCCNc1c2ccccc2nc2ccccc12. The summed E-state index contributed by atoms with van der Waals surface area (Å²) in [5.41, 5.74) is 6.84. The smallest absolute Gasteiger partial charge is 0.253 e. The monoisotopic (exact) mass is 629 g/mol. The molecule has 0 radical (unpaired) electrons. The number of carbonyl (C=O) groups excluding carboxylic acids is 1. The van der Waals surface area contributed by atoms with Gasteiger partial charge in [0, 0.05) is 53.3 Å². The van der Waals surface area contributed by atoms with Crippen molar-refractivity contribution in [3.05, 3.63) is 145 Å². The molecule has 2 heterocycles. The molecule has 6 nitrogen and oxygen atoms in total. The Bertz CT molecular complexity index is 2110. The quantitative estimate of drug-likeness (QED) is 0.104. The molecule has 0 bridgehead atoms. The number of amides is 1. The number of benzene rings is 4. The lowest BCUT2D eigenvalue weighted by Crippen LogP contribution is -2.34. The van der Waals surface area contributed by atoms with Crippen LogP contribution in [0.25, 0.3) is 43.6 Å². The molecule has 0 fully saturated rings. The van der Waals surface area contributed by atoms with Crippen molar-refractivity contribution in [2.45, 2.75) is 19.3 Å². The third-order valence-electron chi connectivity index (χ3n) is 8.77. The van der Waals surface area contributed by atoms with Gasteiger partial charge in [-0.15, -0.1) is 0 Å². The topological polar surface area (TPSA) is 70.2 Å². The van der Waals surface area contributed by atoms with Crippen molar-refractivity contribution in [2.75, 3.05) is 36.8 Å². The number of hydrogen-bond acceptors (Lipinski definition) is 5. The molecule has 238 valence electrons. The van der Waals surface area contributed by atoms with Crippen LogP contribution < -0.4 is 10.6 Å². The highest BCUT2D eigenvalue weighted by Crippen LogP contribution is 2.32. The zero-order chi connectivity index (χ0) is 32.5. The molecule has 4 aromatic carbocycles. The Morgan fingerprint density at radius 2 is 0.958 bits per heavy atom. The van der Waals surface area contributed by atoms with Gasteiger partial charge in [-0.2, -0.15) is 0 Å². The summed E-state index contributed by atoms with van der Waals surface area (Å²) in [7, 11) is 0. The Morgan fingerprint density at radius 3 is 1.50 bits per heavy atom. The maximum atomic E-state index is 13.9. The van der Waals surface area contributed by atoms with Gasteiger partial charge in [0.2, 0.25) is 0 Å². The minimum Gasteiger partial charge on any atom is -0.384 e. The zero-order valence-corrected chi connectivity index (χ0v) is 27.0. The lowest BCUT2D eigenvalue weighted by atomic mass is 10.1. The van der Waals surface area contributed by atoms with Gasteiger partial charge < -0.3 is 15.5 Å². The van der Waals surface area contributed by atoms with E-state index in [-0.39, 0.29) is 5.91 Å². The molecule has 6 heteroatoms. The van der Waals surface area contributed by atoms with Crippen molar-refractivity contribution >= 4 is 60.9 Å². The fourth-order valence-electron chi connectivity index (χ4n) is 6.39. The van der Waals surface area contributed by atoms with Crippen LogP contribution in [0.15, 0.2) is 145 Å². The normalized spacial score (nSPS) is 14.0. The number of nitrogens with zero attached hydrogens (tertiary/aromatic N) is 3. The Labute approximate surface area is 281 Å². The van der Waals surface area contributed by atoms with Crippen LogP contribution in [0.2, 0.25) is 0 Å². The van der Waals surface area contributed by atoms with Gasteiger partial charge in [0.05, 0.1) is 33.4 Å². The number of carbonyl (C=O) groups is 1. The first-order valence-corrected chi connectivity index (χ1v) is 16.8. The van der Waals surface area contributed by atoms with Crippen molar-refractivity contribution in [3.63, 3.8) is 0 Å². The van der Waals surface area contributed by atoms with Gasteiger partial charge >= 0.3 is 0 Å². The maximum absolute atomic E-state index is 13.9. The molecule has 0 saturated carbocycles. The molecule has 0 atom stereocenters. The molecule has 1 aliphatic carbocycles. The average molecular weight is 630 g/mol. The van der Waals surface area contributed by atoms with Gasteiger partial charge in [-0.3, -0.25) is 4.79 Å². The number of pyridine rings is 2. The van der Waals surface area contributed by atoms with E-state index in [0.717, 1.165) is 87.3 Å². The Hall–Kier alpha value is -5.75. The van der Waals surface area contributed by atoms with Gasteiger partial charge in [-0.05, 0) is 55.7 Å². The van der Waals surface area contributed by atoms with E-state index in [1.165, 1.54) is 0 Å². The predicted molar refractivity (Wildman–Crippen MR) is 201 cm³/mol. The second kappa shape index (κ2) is 14.8. The summed E-state index contributed by atoms with van der Waals surface area (Å²) in [5.74, 6) is 0.0603. The molecule has 7 rings (SSSR count). The number of fused-ring (bicyclic) bond motifs is 4. The fraction of sp³-hybridized carbons (Fsp3) is 0.167. The van der Waals surface area contributed by atoms with E-state index in [1.807, 2.05) is 71.7 Å². The number of para-hydroxylation sites is 4. The highest BCUT2D eigenvalue weighted by Gasteiger charge is 2.17. The number of rotatable bonds is 12. The number of nitrogens with one attached hydrogen (secondary N) is 2. The van der Waals surface area contributed by atoms with Gasteiger partial charge in [-0.1, -0.05) is 103 Å². The number of anilines is 2.